The number of aliphatic hydroxyl groups is 2. The van der Waals surface area contributed by atoms with Crippen LogP contribution < -0.4 is 0 Å². The summed E-state index contributed by atoms with van der Waals surface area (Å²) in [6.07, 6.45) is 3.31. The van der Waals surface area contributed by atoms with Crippen LogP contribution in [0, 0.1) is 5.92 Å². The normalized spacial score (nSPS) is 43.2. The fourth-order valence-electron chi connectivity index (χ4n) is 1.04. The predicted molar refractivity (Wildman–Crippen MR) is 34.9 cm³/mol. The van der Waals surface area contributed by atoms with Gasteiger partial charge >= 0.3 is 0 Å². The Hall–Kier alpha value is -0.340. The Bertz CT molecular complexity index is 120. The Morgan fingerprint density at radius 3 is 2.56 bits per heavy atom. The summed E-state index contributed by atoms with van der Waals surface area (Å²) in [5.41, 5.74) is 0. The zero-order valence-electron chi connectivity index (χ0n) is 5.49. The second kappa shape index (κ2) is 2.50. The SMILES string of the molecule is CC1C=CC[C@H](O)[C@H]1O. The van der Waals surface area contributed by atoms with Crippen LogP contribution in [0.15, 0.2) is 12.2 Å². The van der Waals surface area contributed by atoms with E-state index in [-0.39, 0.29) is 5.92 Å². The summed E-state index contributed by atoms with van der Waals surface area (Å²) in [4.78, 5) is 0. The maximum absolute atomic E-state index is 9.14. The molecule has 2 N–H and O–H groups in total. The Balaban J connectivity index is 2.58. The first-order chi connectivity index (χ1) is 4.22. The van der Waals surface area contributed by atoms with Crippen molar-refractivity contribution in [2.75, 3.05) is 0 Å². The third kappa shape index (κ3) is 1.32. The van der Waals surface area contributed by atoms with Crippen molar-refractivity contribution in [3.8, 4) is 0 Å². The van der Waals surface area contributed by atoms with Gasteiger partial charge in [0.1, 0.15) is 0 Å². The lowest BCUT2D eigenvalue weighted by atomic mass is 9.92. The number of hydrogen-bond acceptors (Lipinski definition) is 2. The molecule has 9 heavy (non-hydrogen) atoms. The van der Waals surface area contributed by atoms with Gasteiger partial charge in [-0.25, -0.2) is 0 Å². The summed E-state index contributed by atoms with van der Waals surface area (Å²) in [5.74, 6) is 0.105. The Kier molecular flexibility index (Phi) is 1.88. The van der Waals surface area contributed by atoms with Gasteiger partial charge in [0.05, 0.1) is 12.2 Å². The molecule has 1 aliphatic carbocycles. The van der Waals surface area contributed by atoms with Gasteiger partial charge in [0.2, 0.25) is 0 Å². The molecule has 0 aromatic rings. The summed E-state index contributed by atoms with van der Waals surface area (Å²) < 4.78 is 0. The van der Waals surface area contributed by atoms with Crippen molar-refractivity contribution in [3.63, 3.8) is 0 Å². The van der Waals surface area contributed by atoms with Gasteiger partial charge in [-0.2, -0.15) is 0 Å². The zero-order valence-corrected chi connectivity index (χ0v) is 5.49. The largest absolute Gasteiger partial charge is 0.390 e. The van der Waals surface area contributed by atoms with Gasteiger partial charge in [-0.1, -0.05) is 19.1 Å². The van der Waals surface area contributed by atoms with Crippen LogP contribution in [0.1, 0.15) is 13.3 Å². The van der Waals surface area contributed by atoms with E-state index in [1.165, 1.54) is 0 Å². The molecule has 1 unspecified atom stereocenters. The molecule has 52 valence electrons. The molecule has 0 fully saturated rings. The summed E-state index contributed by atoms with van der Waals surface area (Å²) in [6, 6.07) is 0. The quantitative estimate of drug-likeness (QED) is 0.461. The lowest BCUT2D eigenvalue weighted by Crippen LogP contribution is -2.33. The fourth-order valence-corrected chi connectivity index (χ4v) is 1.04. The van der Waals surface area contributed by atoms with E-state index in [0.717, 1.165) is 0 Å². The van der Waals surface area contributed by atoms with Gasteiger partial charge in [-0.3, -0.25) is 0 Å². The van der Waals surface area contributed by atoms with Crippen LogP contribution >= 0.6 is 0 Å². The Labute approximate surface area is 54.8 Å². The molecular formula is C7H12O2. The van der Waals surface area contributed by atoms with Crippen LogP contribution in [0.25, 0.3) is 0 Å². The van der Waals surface area contributed by atoms with E-state index in [1.54, 1.807) is 0 Å². The molecule has 0 aromatic carbocycles. The molecule has 2 heteroatoms. The predicted octanol–water partition coefficient (Wildman–Crippen LogP) is 0.304. The van der Waals surface area contributed by atoms with Crippen LogP contribution in [0.5, 0.6) is 0 Å². The van der Waals surface area contributed by atoms with Crippen LogP contribution in [-0.2, 0) is 0 Å². The van der Waals surface area contributed by atoms with E-state index in [1.807, 2.05) is 19.1 Å². The average Bonchev–Trinajstić information content (AvgIpc) is 1.83. The molecule has 3 atom stereocenters. The van der Waals surface area contributed by atoms with Gasteiger partial charge < -0.3 is 10.2 Å². The monoisotopic (exact) mass is 128 g/mol. The van der Waals surface area contributed by atoms with Crippen molar-refractivity contribution in [2.45, 2.75) is 25.6 Å². The van der Waals surface area contributed by atoms with Gasteiger partial charge in [-0.15, -0.1) is 0 Å². The molecular weight excluding hydrogens is 116 g/mol. The minimum Gasteiger partial charge on any atom is -0.390 e. The molecule has 0 saturated carbocycles. The third-order valence-electron chi connectivity index (χ3n) is 1.75. The molecule has 1 aliphatic rings. The maximum atomic E-state index is 9.14. The molecule has 0 heterocycles. The molecule has 0 bridgehead atoms. The highest BCUT2D eigenvalue weighted by Crippen LogP contribution is 2.17. The highest BCUT2D eigenvalue weighted by Gasteiger charge is 2.22. The van der Waals surface area contributed by atoms with E-state index in [9.17, 15) is 0 Å². The third-order valence-corrected chi connectivity index (χ3v) is 1.75. The fraction of sp³-hybridized carbons (Fsp3) is 0.714. The van der Waals surface area contributed by atoms with Crippen LogP contribution in [-0.4, -0.2) is 22.4 Å². The van der Waals surface area contributed by atoms with E-state index in [2.05, 4.69) is 0 Å². The average molecular weight is 128 g/mol. The molecule has 0 amide bonds. The van der Waals surface area contributed by atoms with Crippen LogP contribution in [0.4, 0.5) is 0 Å². The molecule has 0 aliphatic heterocycles. The molecule has 0 saturated heterocycles. The molecule has 2 nitrogen and oxygen atoms in total. The first-order valence-electron chi connectivity index (χ1n) is 3.24. The first-order valence-corrected chi connectivity index (χ1v) is 3.24. The van der Waals surface area contributed by atoms with E-state index >= 15 is 0 Å². The van der Waals surface area contributed by atoms with Crippen molar-refractivity contribution in [1.82, 2.24) is 0 Å². The van der Waals surface area contributed by atoms with Crippen LogP contribution in [0.2, 0.25) is 0 Å². The highest BCUT2D eigenvalue weighted by molar-refractivity contribution is 4.99. The minimum atomic E-state index is -0.560. The molecule has 0 aromatic heterocycles. The standard InChI is InChI=1S/C7H12O2/c1-5-3-2-4-6(8)7(5)9/h2-3,5-9H,4H2,1H3/t5?,6-,7-/m0/s1. The van der Waals surface area contributed by atoms with E-state index < -0.39 is 12.2 Å². The van der Waals surface area contributed by atoms with Gasteiger partial charge in [0.15, 0.2) is 0 Å². The Morgan fingerprint density at radius 2 is 2.11 bits per heavy atom. The number of hydrogen-bond donors (Lipinski definition) is 2. The minimum absolute atomic E-state index is 0.105. The second-order valence-corrected chi connectivity index (χ2v) is 2.58. The van der Waals surface area contributed by atoms with Crippen molar-refractivity contribution in [1.29, 1.82) is 0 Å². The van der Waals surface area contributed by atoms with Gasteiger partial charge in [0.25, 0.3) is 0 Å². The van der Waals surface area contributed by atoms with Crippen molar-refractivity contribution >= 4 is 0 Å². The molecule has 0 radical (unpaired) electrons. The van der Waals surface area contributed by atoms with Crippen molar-refractivity contribution in [2.24, 2.45) is 5.92 Å². The summed E-state index contributed by atoms with van der Waals surface area (Å²) >= 11 is 0. The Morgan fingerprint density at radius 1 is 1.44 bits per heavy atom. The zero-order chi connectivity index (χ0) is 6.85. The first kappa shape index (κ1) is 6.78. The summed E-state index contributed by atoms with van der Waals surface area (Å²) in [5, 5.41) is 18.2. The van der Waals surface area contributed by atoms with Crippen molar-refractivity contribution in [3.05, 3.63) is 12.2 Å². The lowest BCUT2D eigenvalue weighted by Gasteiger charge is -2.24. The van der Waals surface area contributed by atoms with Gasteiger partial charge in [-0.05, 0) is 6.42 Å². The second-order valence-electron chi connectivity index (χ2n) is 2.58. The number of aliphatic hydroxyl groups excluding tert-OH is 2. The molecule has 1 rings (SSSR count). The summed E-state index contributed by atoms with van der Waals surface area (Å²) in [7, 11) is 0. The van der Waals surface area contributed by atoms with Crippen LogP contribution in [0.3, 0.4) is 0 Å². The molecule has 0 spiro atoms. The highest BCUT2D eigenvalue weighted by atomic mass is 16.3. The maximum Gasteiger partial charge on any atom is 0.0861 e. The van der Waals surface area contributed by atoms with Gasteiger partial charge in [0, 0.05) is 5.92 Å². The topological polar surface area (TPSA) is 40.5 Å². The lowest BCUT2D eigenvalue weighted by molar-refractivity contribution is -0.00470. The van der Waals surface area contributed by atoms with Crippen molar-refractivity contribution < 1.29 is 10.2 Å². The van der Waals surface area contributed by atoms with E-state index in [0.29, 0.717) is 6.42 Å². The number of rotatable bonds is 0. The smallest absolute Gasteiger partial charge is 0.0861 e. The summed E-state index contributed by atoms with van der Waals surface area (Å²) in [6.45, 7) is 1.89. The van der Waals surface area contributed by atoms with E-state index in [4.69, 9.17) is 10.2 Å².